The molecule has 9 nitrogen and oxygen atoms in total. The first-order valence-corrected chi connectivity index (χ1v) is 9.11. The van der Waals surface area contributed by atoms with Crippen LogP contribution in [0.3, 0.4) is 0 Å². The largest absolute Gasteiger partial charge is 0.430 e. The Hall–Kier alpha value is -3.10. The molecule has 0 atom stereocenters. The predicted octanol–water partition coefficient (Wildman–Crippen LogP) is 2.41. The quantitative estimate of drug-likeness (QED) is 0.286. The van der Waals surface area contributed by atoms with Gasteiger partial charge in [0.25, 0.3) is 0 Å². The van der Waals surface area contributed by atoms with Gasteiger partial charge >= 0.3 is 12.0 Å². The van der Waals surface area contributed by atoms with Crippen LogP contribution in [-0.4, -0.2) is 28.5 Å². The summed E-state index contributed by atoms with van der Waals surface area (Å²) in [6, 6.07) is 4.93. The zero-order valence-electron chi connectivity index (χ0n) is 15.6. The van der Waals surface area contributed by atoms with Crippen LogP contribution in [0.25, 0.3) is 11.4 Å². The van der Waals surface area contributed by atoms with Crippen molar-refractivity contribution in [1.29, 1.82) is 0 Å². The van der Waals surface area contributed by atoms with Crippen molar-refractivity contribution in [2.75, 3.05) is 6.54 Å². The number of rotatable bonds is 10. The zero-order chi connectivity index (χ0) is 19.5. The van der Waals surface area contributed by atoms with E-state index in [0.29, 0.717) is 17.1 Å². The minimum absolute atomic E-state index is 0.156. The Morgan fingerprint density at radius 1 is 1.11 bits per heavy atom. The first-order chi connectivity index (χ1) is 13.1. The molecule has 0 bridgehead atoms. The van der Waals surface area contributed by atoms with E-state index in [1.165, 1.54) is 31.9 Å². The summed E-state index contributed by atoms with van der Waals surface area (Å²) < 4.78 is 5.34. The molecule has 9 heteroatoms. The van der Waals surface area contributed by atoms with Gasteiger partial charge in [0.1, 0.15) is 12.0 Å². The maximum Gasteiger partial charge on any atom is 0.325 e. The second-order valence-corrected chi connectivity index (χ2v) is 6.09. The predicted molar refractivity (Wildman–Crippen MR) is 104 cm³/mol. The van der Waals surface area contributed by atoms with Crippen LogP contribution >= 0.6 is 0 Å². The third-order valence-corrected chi connectivity index (χ3v) is 3.81. The molecule has 0 aromatic carbocycles. The molecular formula is C18H27N7O2. The molecule has 2 aromatic rings. The number of amides is 2. The number of aliphatic imine (C=N–C) groups is 1. The molecule has 0 aliphatic carbocycles. The van der Waals surface area contributed by atoms with Crippen LogP contribution in [0.1, 0.15) is 44.7 Å². The highest BCUT2D eigenvalue weighted by atomic mass is 16.4. The van der Waals surface area contributed by atoms with Gasteiger partial charge in [-0.1, -0.05) is 38.7 Å². The van der Waals surface area contributed by atoms with Crippen molar-refractivity contribution < 1.29 is 9.21 Å². The van der Waals surface area contributed by atoms with Crippen LogP contribution in [0.2, 0.25) is 0 Å². The fourth-order valence-corrected chi connectivity index (χ4v) is 2.42. The maximum absolute atomic E-state index is 10.8. The summed E-state index contributed by atoms with van der Waals surface area (Å²) in [6.07, 6.45) is 7.40. The minimum atomic E-state index is -0.603. The van der Waals surface area contributed by atoms with Crippen LogP contribution in [0.15, 0.2) is 33.9 Å². The van der Waals surface area contributed by atoms with Gasteiger partial charge in [-0.15, -0.1) is 0 Å². The van der Waals surface area contributed by atoms with Crippen molar-refractivity contribution in [3.8, 4) is 11.4 Å². The van der Waals surface area contributed by atoms with Crippen molar-refractivity contribution in [2.45, 2.75) is 45.6 Å². The lowest BCUT2D eigenvalue weighted by atomic mass is 10.1. The Kier molecular flexibility index (Phi) is 8.08. The molecule has 0 unspecified atom stereocenters. The van der Waals surface area contributed by atoms with E-state index in [1.54, 1.807) is 12.1 Å². The third-order valence-electron chi connectivity index (χ3n) is 3.81. The van der Waals surface area contributed by atoms with Gasteiger partial charge in [-0.2, -0.15) is 9.98 Å². The molecule has 0 radical (unpaired) electrons. The first kappa shape index (κ1) is 20.2. The Morgan fingerprint density at radius 2 is 1.93 bits per heavy atom. The average molecular weight is 373 g/mol. The lowest BCUT2D eigenvalue weighted by Gasteiger charge is -2.04. The molecule has 27 heavy (non-hydrogen) atoms. The summed E-state index contributed by atoms with van der Waals surface area (Å²) in [7, 11) is 0. The summed E-state index contributed by atoms with van der Waals surface area (Å²) in [5.74, 6) is 0.270. The van der Waals surface area contributed by atoms with Crippen LogP contribution in [0, 0.1) is 0 Å². The summed E-state index contributed by atoms with van der Waals surface area (Å²) >= 11 is 0. The molecule has 2 aromatic heterocycles. The molecule has 0 aliphatic heterocycles. The van der Waals surface area contributed by atoms with Crippen LogP contribution in [-0.2, 0) is 6.54 Å². The van der Waals surface area contributed by atoms with Gasteiger partial charge in [0.2, 0.25) is 0 Å². The normalized spacial score (nSPS) is 11.4. The SMILES string of the molecule is CCCCCCCN/C(N)=N/c1nc(-c2cccc(CNC(N)=O)n2)co1. The number of hydrogen-bond acceptors (Lipinski definition) is 5. The van der Waals surface area contributed by atoms with Gasteiger partial charge in [0.05, 0.1) is 17.9 Å². The number of hydrogen-bond donors (Lipinski definition) is 4. The number of urea groups is 1. The highest BCUT2D eigenvalue weighted by Gasteiger charge is 2.08. The molecule has 0 saturated heterocycles. The standard InChI is InChI=1S/C18H27N7O2/c1-2-3-4-5-6-10-21-16(19)25-18-24-15(12-27-18)14-9-7-8-13(23-14)11-22-17(20)26/h7-9,12H,2-6,10-11H2,1H3,(H3,20,22,26)(H3,19,21,24,25). The Labute approximate surface area is 158 Å². The van der Waals surface area contributed by atoms with Crippen LogP contribution < -0.4 is 22.1 Å². The average Bonchev–Trinajstić information content (AvgIpc) is 3.11. The van der Waals surface area contributed by atoms with E-state index >= 15 is 0 Å². The van der Waals surface area contributed by atoms with E-state index < -0.39 is 6.03 Å². The number of nitrogens with two attached hydrogens (primary N) is 2. The van der Waals surface area contributed by atoms with Gasteiger partial charge in [-0.05, 0) is 18.6 Å². The van der Waals surface area contributed by atoms with Gasteiger partial charge in [-0.25, -0.2) is 9.78 Å². The Balaban J connectivity index is 1.90. The minimum Gasteiger partial charge on any atom is -0.430 e. The van der Waals surface area contributed by atoms with E-state index in [0.717, 1.165) is 13.0 Å². The molecule has 2 heterocycles. The van der Waals surface area contributed by atoms with E-state index in [1.807, 2.05) is 6.07 Å². The van der Waals surface area contributed by atoms with Gasteiger partial charge in [0, 0.05) is 6.54 Å². The van der Waals surface area contributed by atoms with Crippen molar-refractivity contribution in [1.82, 2.24) is 20.6 Å². The van der Waals surface area contributed by atoms with E-state index in [2.05, 4.69) is 32.5 Å². The smallest absolute Gasteiger partial charge is 0.325 e. The van der Waals surface area contributed by atoms with Gasteiger partial charge < -0.3 is 26.5 Å². The van der Waals surface area contributed by atoms with Crippen LogP contribution in [0.5, 0.6) is 0 Å². The number of unbranched alkanes of at least 4 members (excludes halogenated alkanes) is 4. The fraction of sp³-hybridized carbons (Fsp3) is 0.444. The maximum atomic E-state index is 10.8. The fourth-order valence-electron chi connectivity index (χ4n) is 2.42. The number of oxazole rings is 1. The topological polar surface area (TPSA) is 144 Å². The molecule has 0 fully saturated rings. The second-order valence-electron chi connectivity index (χ2n) is 6.09. The number of guanidine groups is 1. The number of nitrogens with one attached hydrogen (secondary N) is 2. The Morgan fingerprint density at radius 3 is 2.70 bits per heavy atom. The molecular weight excluding hydrogens is 346 g/mol. The lowest BCUT2D eigenvalue weighted by Crippen LogP contribution is -2.31. The summed E-state index contributed by atoms with van der Waals surface area (Å²) in [4.78, 5) is 23.6. The summed E-state index contributed by atoms with van der Waals surface area (Å²) in [5.41, 5.74) is 12.7. The molecule has 0 spiro atoms. The molecule has 146 valence electrons. The summed E-state index contributed by atoms with van der Waals surface area (Å²) in [6.45, 7) is 3.20. The lowest BCUT2D eigenvalue weighted by molar-refractivity contribution is 0.248. The zero-order valence-corrected chi connectivity index (χ0v) is 15.6. The highest BCUT2D eigenvalue weighted by Crippen LogP contribution is 2.20. The van der Waals surface area contributed by atoms with Gasteiger partial charge in [0.15, 0.2) is 5.96 Å². The van der Waals surface area contributed by atoms with E-state index in [4.69, 9.17) is 15.9 Å². The van der Waals surface area contributed by atoms with Crippen molar-refractivity contribution in [3.05, 3.63) is 30.2 Å². The number of carbonyl (C=O) groups is 1. The van der Waals surface area contributed by atoms with Crippen molar-refractivity contribution in [3.63, 3.8) is 0 Å². The number of carbonyl (C=O) groups excluding carboxylic acids is 1. The van der Waals surface area contributed by atoms with Crippen molar-refractivity contribution >= 4 is 18.0 Å². The molecule has 0 saturated carbocycles. The van der Waals surface area contributed by atoms with Crippen molar-refractivity contribution in [2.24, 2.45) is 16.5 Å². The number of pyridine rings is 1. The first-order valence-electron chi connectivity index (χ1n) is 9.11. The molecule has 6 N–H and O–H groups in total. The number of nitrogens with zero attached hydrogens (tertiary/aromatic N) is 3. The third kappa shape index (κ3) is 7.35. The second kappa shape index (κ2) is 10.8. The number of primary amides is 1. The number of aromatic nitrogens is 2. The summed E-state index contributed by atoms with van der Waals surface area (Å²) in [5, 5.41) is 5.55. The molecule has 2 amide bonds. The van der Waals surface area contributed by atoms with Gasteiger partial charge in [-0.3, -0.25) is 0 Å². The van der Waals surface area contributed by atoms with E-state index in [9.17, 15) is 4.79 Å². The highest BCUT2D eigenvalue weighted by molar-refractivity contribution is 5.79. The monoisotopic (exact) mass is 373 g/mol. The van der Waals surface area contributed by atoms with Crippen LogP contribution in [0.4, 0.5) is 10.8 Å². The molecule has 0 aliphatic rings. The molecule has 2 rings (SSSR count). The Bertz CT molecular complexity index is 758. The van der Waals surface area contributed by atoms with E-state index in [-0.39, 0.29) is 18.5 Å².